The van der Waals surface area contributed by atoms with Crippen LogP contribution in [0.15, 0.2) is 0 Å². The van der Waals surface area contributed by atoms with Crippen LogP contribution in [0, 0.1) is 0 Å². The van der Waals surface area contributed by atoms with E-state index in [9.17, 15) is 12.3 Å². The predicted octanol–water partition coefficient (Wildman–Crippen LogP) is -0.299. The van der Waals surface area contributed by atoms with Gasteiger partial charge in [-0.3, -0.25) is 0 Å². The molecule has 0 aliphatic carbocycles. The van der Waals surface area contributed by atoms with Crippen molar-refractivity contribution in [2.75, 3.05) is 26.4 Å². The van der Waals surface area contributed by atoms with Gasteiger partial charge >= 0.3 is 10.2 Å². The van der Waals surface area contributed by atoms with Crippen LogP contribution in [0.3, 0.4) is 0 Å². The molecule has 0 aromatic carbocycles. The van der Waals surface area contributed by atoms with Gasteiger partial charge in [0.1, 0.15) is 5.25 Å². The molecule has 0 amide bonds. The molecule has 66 valence electrons. The first-order valence-corrected chi connectivity index (χ1v) is 4.64. The number of hydrogen-bond donors (Lipinski definition) is 0. The Morgan fingerprint density at radius 1 is 1.18 bits per heavy atom. The van der Waals surface area contributed by atoms with Crippen LogP contribution >= 0.6 is 0 Å². The van der Waals surface area contributed by atoms with Crippen molar-refractivity contribution >= 4 is 10.2 Å². The highest BCUT2D eigenvalue weighted by Gasteiger charge is 2.26. The summed E-state index contributed by atoms with van der Waals surface area (Å²) in [6.45, 7) is 0.426. The normalized spacial score (nSPS) is 23.0. The third kappa shape index (κ3) is 2.72. The van der Waals surface area contributed by atoms with E-state index in [-0.39, 0.29) is 13.2 Å². The first kappa shape index (κ1) is 8.89. The highest BCUT2D eigenvalue weighted by molar-refractivity contribution is 7.87. The molecular weight excluding hydrogens is 175 g/mol. The Bertz CT molecular complexity index is 205. The highest BCUT2D eigenvalue weighted by Crippen LogP contribution is 2.07. The molecule has 0 radical (unpaired) electrons. The molecule has 4 nitrogen and oxygen atoms in total. The first-order valence-electron chi connectivity index (χ1n) is 3.19. The Hall–Kier alpha value is -0.200. The van der Waals surface area contributed by atoms with Gasteiger partial charge < -0.3 is 9.47 Å². The summed E-state index contributed by atoms with van der Waals surface area (Å²) in [6.07, 6.45) is 0. The molecule has 1 fully saturated rings. The van der Waals surface area contributed by atoms with Gasteiger partial charge in [0.15, 0.2) is 0 Å². The average Bonchev–Trinajstić information content (AvgIpc) is 2.10. The van der Waals surface area contributed by atoms with Gasteiger partial charge in [-0.2, -0.15) is 8.42 Å². The lowest BCUT2D eigenvalue weighted by atomic mass is 10.5. The molecule has 1 aliphatic heterocycles. The number of rotatable bonds is 1. The topological polar surface area (TPSA) is 52.6 Å². The minimum atomic E-state index is -4.50. The lowest BCUT2D eigenvalue weighted by molar-refractivity contribution is 0.103. The largest absolute Gasteiger partial charge is 0.378 e. The maximum Gasteiger partial charge on any atom is 0.309 e. The average molecular weight is 184 g/mol. The van der Waals surface area contributed by atoms with Crippen LogP contribution in [0.25, 0.3) is 0 Å². The molecule has 1 rings (SSSR count). The molecule has 0 N–H and O–H groups in total. The zero-order valence-corrected chi connectivity index (χ0v) is 6.64. The van der Waals surface area contributed by atoms with Gasteiger partial charge in [-0.15, -0.1) is 3.89 Å². The monoisotopic (exact) mass is 184 g/mol. The molecular formula is C5H9FO4S. The fraction of sp³-hybridized carbons (Fsp3) is 1.00. The molecule has 1 heterocycles. The molecule has 0 aromatic heterocycles. The van der Waals surface area contributed by atoms with Crippen LogP contribution in [0.4, 0.5) is 3.89 Å². The SMILES string of the molecule is O=S(=O)(F)C1COCCOC1. The zero-order chi connectivity index (χ0) is 8.32. The van der Waals surface area contributed by atoms with Crippen LogP contribution in [-0.2, 0) is 19.7 Å². The van der Waals surface area contributed by atoms with Gasteiger partial charge in [-0.25, -0.2) is 0 Å². The van der Waals surface area contributed by atoms with Crippen molar-refractivity contribution in [3.05, 3.63) is 0 Å². The summed E-state index contributed by atoms with van der Waals surface area (Å²) in [4.78, 5) is 0. The zero-order valence-electron chi connectivity index (χ0n) is 5.82. The van der Waals surface area contributed by atoms with E-state index in [2.05, 4.69) is 0 Å². The van der Waals surface area contributed by atoms with Crippen molar-refractivity contribution in [2.24, 2.45) is 0 Å². The van der Waals surface area contributed by atoms with Crippen molar-refractivity contribution in [3.63, 3.8) is 0 Å². The molecule has 0 aromatic rings. The van der Waals surface area contributed by atoms with E-state index in [1.165, 1.54) is 0 Å². The van der Waals surface area contributed by atoms with Crippen LogP contribution < -0.4 is 0 Å². The van der Waals surface area contributed by atoms with Crippen LogP contribution in [0.2, 0.25) is 0 Å². The summed E-state index contributed by atoms with van der Waals surface area (Å²) < 4.78 is 42.5. The molecule has 1 saturated heterocycles. The molecule has 0 saturated carbocycles. The van der Waals surface area contributed by atoms with E-state index >= 15 is 0 Å². The first-order chi connectivity index (χ1) is 5.11. The second-order valence-corrected chi connectivity index (χ2v) is 3.87. The molecule has 0 unspecified atom stereocenters. The van der Waals surface area contributed by atoms with Crippen LogP contribution in [-0.4, -0.2) is 40.1 Å². The fourth-order valence-corrected chi connectivity index (χ4v) is 1.28. The van der Waals surface area contributed by atoms with E-state index in [1.54, 1.807) is 0 Å². The molecule has 1 aliphatic rings. The number of hydrogen-bond acceptors (Lipinski definition) is 4. The summed E-state index contributed by atoms with van der Waals surface area (Å²) in [5.41, 5.74) is 0. The van der Waals surface area contributed by atoms with Gasteiger partial charge in [-0.05, 0) is 0 Å². The van der Waals surface area contributed by atoms with E-state index in [1.807, 2.05) is 0 Å². The molecule has 0 atom stereocenters. The molecule has 0 spiro atoms. The highest BCUT2D eigenvalue weighted by atomic mass is 32.3. The summed E-state index contributed by atoms with van der Waals surface area (Å²) in [5, 5.41) is -1.15. The third-order valence-corrected chi connectivity index (χ3v) is 2.45. The van der Waals surface area contributed by atoms with Crippen LogP contribution in [0.1, 0.15) is 0 Å². The predicted molar refractivity (Wildman–Crippen MR) is 35.5 cm³/mol. The molecule has 0 bridgehead atoms. The molecule has 6 heteroatoms. The van der Waals surface area contributed by atoms with Crippen molar-refractivity contribution in [3.8, 4) is 0 Å². The van der Waals surface area contributed by atoms with Crippen molar-refractivity contribution in [1.29, 1.82) is 0 Å². The summed E-state index contributed by atoms with van der Waals surface area (Å²) in [5.74, 6) is 0. The Morgan fingerprint density at radius 3 is 2.00 bits per heavy atom. The fourth-order valence-electron chi connectivity index (χ4n) is 0.758. The smallest absolute Gasteiger partial charge is 0.309 e. The second kappa shape index (κ2) is 3.46. The van der Waals surface area contributed by atoms with E-state index in [4.69, 9.17) is 9.47 Å². The maximum absolute atomic E-state index is 12.3. The Labute approximate surface area is 64.5 Å². The number of ether oxygens (including phenoxy) is 2. The molecule has 11 heavy (non-hydrogen) atoms. The second-order valence-electron chi connectivity index (χ2n) is 2.25. The number of halogens is 1. The lowest BCUT2D eigenvalue weighted by Crippen LogP contribution is -2.26. The summed E-state index contributed by atoms with van der Waals surface area (Å²) in [6, 6.07) is 0. The lowest BCUT2D eigenvalue weighted by Gasteiger charge is -2.06. The van der Waals surface area contributed by atoms with Gasteiger partial charge in [0.05, 0.1) is 26.4 Å². The van der Waals surface area contributed by atoms with Crippen LogP contribution in [0.5, 0.6) is 0 Å². The van der Waals surface area contributed by atoms with Gasteiger partial charge in [0.25, 0.3) is 0 Å². The van der Waals surface area contributed by atoms with E-state index in [0.29, 0.717) is 13.2 Å². The Kier molecular flexibility index (Phi) is 2.80. The van der Waals surface area contributed by atoms with Crippen molar-refractivity contribution < 1.29 is 21.8 Å². The Balaban J connectivity index is 2.57. The standard InChI is InChI=1S/C5H9FO4S/c6-11(7,8)5-3-9-1-2-10-4-5/h5H,1-4H2. The maximum atomic E-state index is 12.3. The quantitative estimate of drug-likeness (QED) is 0.525. The van der Waals surface area contributed by atoms with Crippen molar-refractivity contribution in [2.45, 2.75) is 5.25 Å². The summed E-state index contributed by atoms with van der Waals surface area (Å²) in [7, 11) is -4.50. The van der Waals surface area contributed by atoms with E-state index < -0.39 is 15.5 Å². The van der Waals surface area contributed by atoms with Gasteiger partial charge in [0.2, 0.25) is 0 Å². The van der Waals surface area contributed by atoms with Gasteiger partial charge in [-0.1, -0.05) is 0 Å². The van der Waals surface area contributed by atoms with E-state index in [0.717, 1.165) is 0 Å². The third-order valence-electron chi connectivity index (χ3n) is 1.38. The van der Waals surface area contributed by atoms with Gasteiger partial charge in [0, 0.05) is 0 Å². The minimum absolute atomic E-state index is 0.112. The minimum Gasteiger partial charge on any atom is -0.378 e. The van der Waals surface area contributed by atoms with Crippen molar-refractivity contribution in [1.82, 2.24) is 0 Å². The Morgan fingerprint density at radius 2 is 1.64 bits per heavy atom. The summed E-state index contributed by atoms with van der Waals surface area (Å²) >= 11 is 0.